The van der Waals surface area contributed by atoms with E-state index < -0.39 is 21.9 Å². The molecule has 0 amide bonds. The Hall–Kier alpha value is -2.45. The van der Waals surface area contributed by atoms with E-state index in [0.29, 0.717) is 30.5 Å². The number of piperazine rings is 1. The molecule has 2 aliphatic rings. The fraction of sp³-hybridized carbons (Fsp3) is 0.409. The van der Waals surface area contributed by atoms with Gasteiger partial charge in [-0.05, 0) is 67.6 Å². The maximum Gasteiger partial charge on any atom is 0.310 e. The molecule has 2 aromatic rings. The Kier molecular flexibility index (Phi) is 5.32. The van der Waals surface area contributed by atoms with Crippen LogP contribution in [-0.4, -0.2) is 49.5 Å². The Bertz CT molecular complexity index is 1100. The van der Waals surface area contributed by atoms with Gasteiger partial charge in [-0.1, -0.05) is 12.1 Å². The van der Waals surface area contributed by atoms with E-state index in [2.05, 4.69) is 0 Å². The fourth-order valence-corrected chi connectivity index (χ4v) is 5.98. The molecule has 1 unspecified atom stereocenters. The normalized spacial score (nSPS) is 22.2. The molecular formula is C22H25FN2O4S. The number of carbonyl (C=O) groups is 1. The number of carboxylic acids is 1. The number of carboxylic acid groups (broad SMARTS) is 1. The van der Waals surface area contributed by atoms with Crippen LogP contribution in [0.25, 0.3) is 0 Å². The van der Waals surface area contributed by atoms with Crippen molar-refractivity contribution in [2.24, 2.45) is 0 Å². The topological polar surface area (TPSA) is 77.9 Å². The van der Waals surface area contributed by atoms with Gasteiger partial charge < -0.3 is 10.0 Å². The number of rotatable bonds is 4. The summed E-state index contributed by atoms with van der Waals surface area (Å²) in [5.74, 6) is -1.85. The molecule has 0 spiro atoms. The number of benzene rings is 2. The van der Waals surface area contributed by atoms with Crippen LogP contribution in [0.5, 0.6) is 0 Å². The standard InChI is InChI=1S/C22H25FN2O4S/c1-14-3-6-17(11-21(14)23)25-10-9-24(13-15(25)2)30(28,29)18-7-4-16-5-8-19(22(26)27)20(16)12-18/h3-4,6-7,11-12,15,19H,5,8-10,13H2,1-2H3,(H,26,27)/t15-,19?/m0/s1. The molecular weight excluding hydrogens is 407 g/mol. The molecule has 0 aromatic heterocycles. The second-order valence-corrected chi connectivity index (χ2v) is 10.1. The zero-order chi connectivity index (χ0) is 21.6. The minimum atomic E-state index is -3.75. The zero-order valence-corrected chi connectivity index (χ0v) is 17.8. The molecule has 1 saturated heterocycles. The van der Waals surface area contributed by atoms with E-state index in [1.54, 1.807) is 25.1 Å². The van der Waals surface area contributed by atoms with Crippen LogP contribution in [0.4, 0.5) is 10.1 Å². The first-order valence-corrected chi connectivity index (χ1v) is 11.5. The molecule has 0 radical (unpaired) electrons. The van der Waals surface area contributed by atoms with Crippen molar-refractivity contribution < 1.29 is 22.7 Å². The van der Waals surface area contributed by atoms with Gasteiger partial charge in [0.1, 0.15) is 5.82 Å². The number of aliphatic carboxylic acids is 1. The summed E-state index contributed by atoms with van der Waals surface area (Å²) in [6, 6.07) is 9.78. The SMILES string of the molecule is Cc1ccc(N2CCN(S(=O)(=O)c3ccc4c(c3)C(C(=O)O)CC4)C[C@@H]2C)cc1F. The van der Waals surface area contributed by atoms with E-state index in [9.17, 15) is 22.7 Å². The first kappa shape index (κ1) is 20.8. The van der Waals surface area contributed by atoms with Gasteiger partial charge in [0, 0.05) is 31.4 Å². The van der Waals surface area contributed by atoms with Crippen molar-refractivity contribution in [3.63, 3.8) is 0 Å². The predicted molar refractivity (Wildman–Crippen MR) is 112 cm³/mol. The van der Waals surface area contributed by atoms with Crippen molar-refractivity contribution >= 4 is 21.7 Å². The van der Waals surface area contributed by atoms with Gasteiger partial charge in [-0.2, -0.15) is 4.31 Å². The maximum atomic E-state index is 14.0. The molecule has 30 heavy (non-hydrogen) atoms. The molecule has 1 aliphatic heterocycles. The van der Waals surface area contributed by atoms with E-state index in [-0.39, 0.29) is 29.8 Å². The lowest BCUT2D eigenvalue weighted by atomic mass is 10.0. The van der Waals surface area contributed by atoms with Crippen molar-refractivity contribution in [3.8, 4) is 0 Å². The molecule has 4 rings (SSSR count). The summed E-state index contributed by atoms with van der Waals surface area (Å²) in [5.41, 5.74) is 2.82. The summed E-state index contributed by atoms with van der Waals surface area (Å²) in [4.78, 5) is 13.6. The zero-order valence-electron chi connectivity index (χ0n) is 17.0. The third kappa shape index (κ3) is 3.58. The van der Waals surface area contributed by atoms with E-state index in [1.807, 2.05) is 17.9 Å². The molecule has 8 heteroatoms. The molecule has 0 saturated carbocycles. The molecule has 2 aromatic carbocycles. The lowest BCUT2D eigenvalue weighted by Crippen LogP contribution is -2.53. The Labute approximate surface area is 176 Å². The molecule has 1 fully saturated rings. The number of hydrogen-bond acceptors (Lipinski definition) is 4. The van der Waals surface area contributed by atoms with Crippen LogP contribution in [0.2, 0.25) is 0 Å². The number of nitrogens with zero attached hydrogens (tertiary/aromatic N) is 2. The number of hydrogen-bond donors (Lipinski definition) is 1. The van der Waals surface area contributed by atoms with E-state index >= 15 is 0 Å². The van der Waals surface area contributed by atoms with Crippen molar-refractivity contribution in [2.45, 2.75) is 43.5 Å². The summed E-state index contributed by atoms with van der Waals surface area (Å²) in [6.45, 7) is 4.63. The average molecular weight is 433 g/mol. The van der Waals surface area contributed by atoms with Crippen molar-refractivity contribution in [3.05, 3.63) is 58.9 Å². The van der Waals surface area contributed by atoms with Crippen LogP contribution in [0.15, 0.2) is 41.3 Å². The highest BCUT2D eigenvalue weighted by molar-refractivity contribution is 7.89. The van der Waals surface area contributed by atoms with Gasteiger partial charge in [0.15, 0.2) is 0 Å². The van der Waals surface area contributed by atoms with E-state index in [0.717, 1.165) is 11.3 Å². The Morgan fingerprint density at radius 1 is 1.17 bits per heavy atom. The summed E-state index contributed by atoms with van der Waals surface area (Å²) in [7, 11) is -3.75. The Morgan fingerprint density at radius 2 is 1.93 bits per heavy atom. The van der Waals surface area contributed by atoms with Crippen LogP contribution >= 0.6 is 0 Å². The molecule has 1 heterocycles. The lowest BCUT2D eigenvalue weighted by Gasteiger charge is -2.40. The highest BCUT2D eigenvalue weighted by Crippen LogP contribution is 2.35. The highest BCUT2D eigenvalue weighted by Gasteiger charge is 2.35. The fourth-order valence-electron chi connectivity index (χ4n) is 4.43. The molecule has 6 nitrogen and oxygen atoms in total. The largest absolute Gasteiger partial charge is 0.481 e. The van der Waals surface area contributed by atoms with Crippen LogP contribution in [0.3, 0.4) is 0 Å². The van der Waals surface area contributed by atoms with E-state index in [4.69, 9.17) is 0 Å². The quantitative estimate of drug-likeness (QED) is 0.803. The van der Waals surface area contributed by atoms with Gasteiger partial charge in [0.2, 0.25) is 10.0 Å². The van der Waals surface area contributed by atoms with Gasteiger partial charge in [0.05, 0.1) is 10.8 Å². The minimum absolute atomic E-state index is 0.128. The first-order chi connectivity index (χ1) is 14.2. The van der Waals surface area contributed by atoms with Crippen molar-refractivity contribution in [2.75, 3.05) is 24.5 Å². The molecule has 2 atom stereocenters. The molecule has 160 valence electrons. The molecule has 1 N–H and O–H groups in total. The van der Waals surface area contributed by atoms with Gasteiger partial charge in [-0.25, -0.2) is 12.8 Å². The van der Waals surface area contributed by atoms with Gasteiger partial charge in [-0.3, -0.25) is 4.79 Å². The predicted octanol–water partition coefficient (Wildman–Crippen LogP) is 3.15. The first-order valence-electron chi connectivity index (χ1n) is 10.1. The summed E-state index contributed by atoms with van der Waals surface area (Å²) in [6.07, 6.45) is 1.15. The number of halogens is 1. The summed E-state index contributed by atoms with van der Waals surface area (Å²) >= 11 is 0. The third-order valence-electron chi connectivity index (χ3n) is 6.21. The van der Waals surface area contributed by atoms with E-state index in [1.165, 1.54) is 16.4 Å². The smallest absolute Gasteiger partial charge is 0.310 e. The lowest BCUT2D eigenvalue weighted by molar-refractivity contribution is -0.138. The number of anilines is 1. The highest BCUT2D eigenvalue weighted by atomic mass is 32.2. The number of aryl methyl sites for hydroxylation is 2. The maximum absolute atomic E-state index is 14.0. The van der Waals surface area contributed by atoms with Crippen molar-refractivity contribution in [1.29, 1.82) is 0 Å². The summed E-state index contributed by atoms with van der Waals surface area (Å²) in [5, 5.41) is 9.42. The minimum Gasteiger partial charge on any atom is -0.481 e. The van der Waals surface area contributed by atoms with Crippen molar-refractivity contribution in [1.82, 2.24) is 4.31 Å². The Morgan fingerprint density at radius 3 is 2.60 bits per heavy atom. The second-order valence-electron chi connectivity index (χ2n) is 8.13. The van der Waals surface area contributed by atoms with Gasteiger partial charge >= 0.3 is 5.97 Å². The van der Waals surface area contributed by atoms with Crippen LogP contribution in [0, 0.1) is 12.7 Å². The average Bonchev–Trinajstić information content (AvgIpc) is 3.13. The van der Waals surface area contributed by atoms with Crippen LogP contribution in [0.1, 0.15) is 36.0 Å². The Balaban J connectivity index is 1.56. The molecule has 0 bridgehead atoms. The summed E-state index contributed by atoms with van der Waals surface area (Å²) < 4.78 is 41.9. The third-order valence-corrected chi connectivity index (χ3v) is 8.07. The molecule has 1 aliphatic carbocycles. The monoisotopic (exact) mass is 432 g/mol. The van der Waals surface area contributed by atoms with Gasteiger partial charge in [-0.15, -0.1) is 0 Å². The number of sulfonamides is 1. The number of fused-ring (bicyclic) bond motifs is 1. The van der Waals surface area contributed by atoms with Gasteiger partial charge in [0.25, 0.3) is 0 Å². The van der Waals surface area contributed by atoms with Crippen LogP contribution in [-0.2, 0) is 21.2 Å². The van der Waals surface area contributed by atoms with Crippen LogP contribution < -0.4 is 4.90 Å². The second kappa shape index (κ2) is 7.67.